The number of rotatable bonds is 4. The summed E-state index contributed by atoms with van der Waals surface area (Å²) in [6.45, 7) is 0. The van der Waals surface area contributed by atoms with Crippen molar-refractivity contribution in [2.45, 2.75) is 38.5 Å². The van der Waals surface area contributed by atoms with Gasteiger partial charge in [0.1, 0.15) is 0 Å². The van der Waals surface area contributed by atoms with E-state index in [1.807, 2.05) is 0 Å². The molecule has 0 saturated heterocycles. The first kappa shape index (κ1) is 14.9. The van der Waals surface area contributed by atoms with Crippen molar-refractivity contribution in [3.05, 3.63) is 34.6 Å². The number of hydrogen-bond acceptors (Lipinski definition) is 1. The molecule has 2 rings (SSSR count). The second kappa shape index (κ2) is 5.89. The highest BCUT2D eigenvalue weighted by atomic mass is 19.2. The molecule has 1 aliphatic rings. The monoisotopic (exact) mass is 292 g/mol. The molecule has 20 heavy (non-hydrogen) atoms. The van der Waals surface area contributed by atoms with Crippen LogP contribution in [-0.2, 0) is 0 Å². The van der Waals surface area contributed by atoms with Crippen LogP contribution in [0, 0.1) is 35.0 Å². The molecule has 0 spiro atoms. The van der Waals surface area contributed by atoms with Crippen LogP contribution in [0.2, 0.25) is 0 Å². The molecule has 0 unspecified atom stereocenters. The molecule has 1 aromatic rings. The van der Waals surface area contributed by atoms with Crippen molar-refractivity contribution >= 4 is 5.78 Å². The van der Waals surface area contributed by atoms with Crippen molar-refractivity contribution in [3.63, 3.8) is 0 Å². The van der Waals surface area contributed by atoms with Gasteiger partial charge in [0, 0.05) is 6.42 Å². The second-order valence-corrected chi connectivity index (χ2v) is 5.06. The minimum Gasteiger partial charge on any atom is -0.294 e. The van der Waals surface area contributed by atoms with E-state index in [0.29, 0.717) is 12.3 Å². The lowest BCUT2D eigenvalue weighted by Crippen LogP contribution is -2.13. The van der Waals surface area contributed by atoms with E-state index in [1.165, 1.54) is 0 Å². The Balaban J connectivity index is 2.21. The van der Waals surface area contributed by atoms with E-state index < -0.39 is 40.4 Å². The third kappa shape index (κ3) is 2.69. The smallest absolute Gasteiger partial charge is 0.200 e. The van der Waals surface area contributed by atoms with E-state index >= 15 is 0 Å². The van der Waals surface area contributed by atoms with Crippen LogP contribution >= 0.6 is 0 Å². The van der Waals surface area contributed by atoms with Gasteiger partial charge in [-0.05, 0) is 12.3 Å². The molecule has 110 valence electrons. The molecule has 0 bridgehead atoms. The minimum absolute atomic E-state index is 0.205. The molecule has 0 atom stereocenters. The first-order chi connectivity index (χ1) is 9.43. The molecule has 1 aromatic carbocycles. The standard InChI is InChI=1S/C14H13F5O/c15-10-9(11(16)13(18)14(19)12(10)17)8(20)6-5-7-3-1-2-4-7/h7H,1-6H2. The van der Waals surface area contributed by atoms with E-state index in [0.717, 1.165) is 25.7 Å². The Morgan fingerprint density at radius 3 is 1.80 bits per heavy atom. The normalized spacial score (nSPS) is 15.8. The first-order valence-corrected chi connectivity index (χ1v) is 6.48. The topological polar surface area (TPSA) is 17.1 Å². The highest BCUT2D eigenvalue weighted by Gasteiger charge is 2.29. The van der Waals surface area contributed by atoms with Crippen molar-refractivity contribution in [3.8, 4) is 0 Å². The highest BCUT2D eigenvalue weighted by Crippen LogP contribution is 2.30. The van der Waals surface area contributed by atoms with E-state index in [9.17, 15) is 26.7 Å². The summed E-state index contributed by atoms with van der Waals surface area (Å²) in [4.78, 5) is 11.7. The van der Waals surface area contributed by atoms with Crippen molar-refractivity contribution in [1.29, 1.82) is 0 Å². The molecule has 1 saturated carbocycles. The Morgan fingerprint density at radius 2 is 1.30 bits per heavy atom. The molecule has 0 radical (unpaired) electrons. The van der Waals surface area contributed by atoms with Crippen LogP contribution in [0.25, 0.3) is 0 Å². The molecule has 0 N–H and O–H groups in total. The van der Waals surface area contributed by atoms with Crippen molar-refractivity contribution in [2.75, 3.05) is 0 Å². The molecule has 0 aromatic heterocycles. The number of hydrogen-bond donors (Lipinski definition) is 0. The van der Waals surface area contributed by atoms with Crippen LogP contribution in [0.15, 0.2) is 0 Å². The number of halogens is 5. The number of benzene rings is 1. The lowest BCUT2D eigenvalue weighted by Gasteiger charge is -2.10. The average Bonchev–Trinajstić information content (AvgIpc) is 2.94. The van der Waals surface area contributed by atoms with E-state index in [4.69, 9.17) is 0 Å². The molecule has 6 heteroatoms. The molecule has 1 fully saturated rings. The molecule has 0 heterocycles. The van der Waals surface area contributed by atoms with E-state index in [-0.39, 0.29) is 6.42 Å². The maximum atomic E-state index is 13.4. The summed E-state index contributed by atoms with van der Waals surface area (Å²) in [6.07, 6.45) is 4.17. The minimum atomic E-state index is -2.24. The summed E-state index contributed by atoms with van der Waals surface area (Å²) < 4.78 is 65.7. The van der Waals surface area contributed by atoms with Crippen LogP contribution < -0.4 is 0 Å². The fraction of sp³-hybridized carbons (Fsp3) is 0.500. The fourth-order valence-corrected chi connectivity index (χ4v) is 2.61. The van der Waals surface area contributed by atoms with Gasteiger partial charge in [-0.2, -0.15) is 0 Å². The first-order valence-electron chi connectivity index (χ1n) is 6.48. The van der Waals surface area contributed by atoms with Crippen LogP contribution in [0.3, 0.4) is 0 Å². The van der Waals surface area contributed by atoms with Crippen LogP contribution in [0.5, 0.6) is 0 Å². The summed E-state index contributed by atoms with van der Waals surface area (Å²) in [7, 11) is 0. The largest absolute Gasteiger partial charge is 0.294 e. The van der Waals surface area contributed by atoms with Gasteiger partial charge in [-0.25, -0.2) is 22.0 Å². The Labute approximate surface area is 112 Å². The summed E-state index contributed by atoms with van der Waals surface area (Å²) in [5.41, 5.74) is -1.32. The molecule has 1 aliphatic carbocycles. The maximum Gasteiger partial charge on any atom is 0.200 e. The maximum absolute atomic E-state index is 13.4. The van der Waals surface area contributed by atoms with Crippen LogP contribution in [-0.4, -0.2) is 5.78 Å². The van der Waals surface area contributed by atoms with Crippen molar-refractivity contribution in [2.24, 2.45) is 5.92 Å². The van der Waals surface area contributed by atoms with E-state index in [1.54, 1.807) is 0 Å². The van der Waals surface area contributed by atoms with E-state index in [2.05, 4.69) is 0 Å². The second-order valence-electron chi connectivity index (χ2n) is 5.06. The highest BCUT2D eigenvalue weighted by molar-refractivity contribution is 5.96. The zero-order chi connectivity index (χ0) is 14.9. The molecule has 0 aliphatic heterocycles. The Morgan fingerprint density at radius 1 is 0.850 bits per heavy atom. The Bertz CT molecular complexity index is 506. The average molecular weight is 292 g/mol. The van der Waals surface area contributed by atoms with Crippen molar-refractivity contribution < 1.29 is 26.7 Å². The van der Waals surface area contributed by atoms with Gasteiger partial charge in [0.2, 0.25) is 5.82 Å². The third-order valence-electron chi connectivity index (χ3n) is 3.74. The predicted molar refractivity (Wildman–Crippen MR) is 61.8 cm³/mol. The van der Waals surface area contributed by atoms with Gasteiger partial charge in [-0.1, -0.05) is 25.7 Å². The van der Waals surface area contributed by atoms with Gasteiger partial charge in [0.05, 0.1) is 5.56 Å². The Hall–Kier alpha value is -1.46. The van der Waals surface area contributed by atoms with Gasteiger partial charge in [0.15, 0.2) is 29.1 Å². The third-order valence-corrected chi connectivity index (χ3v) is 3.74. The summed E-state index contributed by atoms with van der Waals surface area (Å²) in [5, 5.41) is 0. The van der Waals surface area contributed by atoms with Crippen LogP contribution in [0.4, 0.5) is 22.0 Å². The lowest BCUT2D eigenvalue weighted by molar-refractivity contribution is 0.0962. The molecule has 0 amide bonds. The van der Waals surface area contributed by atoms with Gasteiger partial charge in [0.25, 0.3) is 0 Å². The van der Waals surface area contributed by atoms with Gasteiger partial charge in [-0.3, -0.25) is 4.79 Å². The zero-order valence-electron chi connectivity index (χ0n) is 10.6. The lowest BCUT2D eigenvalue weighted by atomic mass is 9.97. The molecular formula is C14H13F5O. The quantitative estimate of drug-likeness (QED) is 0.345. The predicted octanol–water partition coefficient (Wildman–Crippen LogP) is 4.54. The summed E-state index contributed by atoms with van der Waals surface area (Å²) in [6, 6.07) is 0. The number of ketones is 1. The molecular weight excluding hydrogens is 279 g/mol. The fourth-order valence-electron chi connectivity index (χ4n) is 2.61. The number of carbonyl (C=O) groups is 1. The number of Topliss-reactive ketones (excluding diaryl/α,β-unsaturated/α-hetero) is 1. The van der Waals surface area contributed by atoms with Gasteiger partial charge < -0.3 is 0 Å². The SMILES string of the molecule is O=C(CCC1CCCC1)c1c(F)c(F)c(F)c(F)c1F. The van der Waals surface area contributed by atoms with Crippen molar-refractivity contribution in [1.82, 2.24) is 0 Å². The van der Waals surface area contributed by atoms with Crippen LogP contribution in [0.1, 0.15) is 48.9 Å². The zero-order valence-corrected chi connectivity index (χ0v) is 10.6. The van der Waals surface area contributed by atoms with Gasteiger partial charge in [-0.15, -0.1) is 0 Å². The van der Waals surface area contributed by atoms with Gasteiger partial charge >= 0.3 is 0 Å². The number of carbonyl (C=O) groups excluding carboxylic acids is 1. The molecule has 1 nitrogen and oxygen atoms in total. The summed E-state index contributed by atoms with van der Waals surface area (Å²) >= 11 is 0. The summed E-state index contributed by atoms with van der Waals surface area (Å²) in [5.74, 6) is -11.2. The Kier molecular flexibility index (Phi) is 4.40.